The summed E-state index contributed by atoms with van der Waals surface area (Å²) >= 11 is 1.59. The average molecular weight is 309 g/mol. The maximum absolute atomic E-state index is 9.66. The third-order valence-electron chi connectivity index (χ3n) is 3.80. The Morgan fingerprint density at radius 2 is 1.50 bits per heavy atom. The van der Waals surface area contributed by atoms with Crippen molar-refractivity contribution in [3.63, 3.8) is 0 Å². The predicted molar refractivity (Wildman–Crippen MR) is 91.1 cm³/mol. The van der Waals surface area contributed by atoms with E-state index in [1.165, 1.54) is 0 Å². The Kier molecular flexibility index (Phi) is 3.82. The number of benzene rings is 3. The van der Waals surface area contributed by atoms with E-state index < -0.39 is 0 Å². The van der Waals surface area contributed by atoms with E-state index in [9.17, 15) is 5.26 Å². The highest BCUT2D eigenvalue weighted by atomic mass is 32.2. The monoisotopic (exact) mass is 309 g/mol. The van der Waals surface area contributed by atoms with E-state index in [1.807, 2.05) is 30.5 Å². The highest BCUT2D eigenvalue weighted by Crippen LogP contribution is 2.41. The molecule has 0 aliphatic heterocycles. The van der Waals surface area contributed by atoms with Crippen molar-refractivity contribution in [2.45, 2.75) is 4.90 Å². The third-order valence-corrected chi connectivity index (χ3v) is 4.63. The topological polar surface area (TPSA) is 42.2 Å². The standard InChI is InChI=1S/C18H15NO2S/c1-20-16-8-13-11-6-4-5-7-12(11)18(22-3)15(10-19)14(13)9-17(16)21-2/h4-9H,1-3H3. The minimum Gasteiger partial charge on any atom is -0.493 e. The molecule has 0 aromatic heterocycles. The normalized spacial score (nSPS) is 10.6. The van der Waals surface area contributed by atoms with Gasteiger partial charge in [-0.1, -0.05) is 24.3 Å². The number of fused-ring (bicyclic) bond motifs is 3. The molecular weight excluding hydrogens is 294 g/mol. The lowest BCUT2D eigenvalue weighted by atomic mass is 9.97. The van der Waals surface area contributed by atoms with Crippen molar-refractivity contribution in [2.24, 2.45) is 0 Å². The van der Waals surface area contributed by atoms with Crippen LogP contribution in [0.4, 0.5) is 0 Å². The molecule has 0 N–H and O–H groups in total. The van der Waals surface area contributed by atoms with E-state index in [4.69, 9.17) is 9.47 Å². The van der Waals surface area contributed by atoms with Gasteiger partial charge in [0.25, 0.3) is 0 Å². The maximum Gasteiger partial charge on any atom is 0.161 e. The van der Waals surface area contributed by atoms with Crippen LogP contribution in [0.1, 0.15) is 5.56 Å². The lowest BCUT2D eigenvalue weighted by molar-refractivity contribution is 0.356. The SMILES string of the molecule is COc1cc2c(C#N)c(SC)c3ccccc3c2cc1OC. The lowest BCUT2D eigenvalue weighted by Gasteiger charge is -2.15. The van der Waals surface area contributed by atoms with Gasteiger partial charge in [0.15, 0.2) is 11.5 Å². The van der Waals surface area contributed by atoms with Gasteiger partial charge in [-0.2, -0.15) is 5.26 Å². The second kappa shape index (κ2) is 5.78. The van der Waals surface area contributed by atoms with Gasteiger partial charge in [0.2, 0.25) is 0 Å². The van der Waals surface area contributed by atoms with Crippen LogP contribution in [0, 0.1) is 11.3 Å². The Labute approximate surface area is 133 Å². The van der Waals surface area contributed by atoms with Crippen molar-refractivity contribution in [2.75, 3.05) is 20.5 Å². The first-order chi connectivity index (χ1) is 10.7. The zero-order valence-electron chi connectivity index (χ0n) is 12.6. The molecule has 3 aromatic carbocycles. The van der Waals surface area contributed by atoms with Crippen molar-refractivity contribution >= 4 is 33.3 Å². The van der Waals surface area contributed by atoms with E-state index in [0.29, 0.717) is 17.1 Å². The van der Waals surface area contributed by atoms with E-state index in [-0.39, 0.29) is 0 Å². The summed E-state index contributed by atoms with van der Waals surface area (Å²) in [5.41, 5.74) is 0.683. The number of nitriles is 1. The fourth-order valence-corrected chi connectivity index (χ4v) is 3.56. The minimum absolute atomic E-state index is 0.633. The number of nitrogens with zero attached hydrogens (tertiary/aromatic N) is 1. The number of thioether (sulfide) groups is 1. The Morgan fingerprint density at radius 3 is 2.05 bits per heavy atom. The fraction of sp³-hybridized carbons (Fsp3) is 0.167. The molecule has 0 unspecified atom stereocenters. The van der Waals surface area contributed by atoms with Gasteiger partial charge in [0.05, 0.1) is 19.8 Å². The maximum atomic E-state index is 9.66. The van der Waals surface area contributed by atoms with Gasteiger partial charge >= 0.3 is 0 Å². The smallest absolute Gasteiger partial charge is 0.161 e. The third kappa shape index (κ3) is 2.06. The predicted octanol–water partition coefficient (Wildman–Crippen LogP) is 4.60. The second-order valence-corrected chi connectivity index (χ2v) is 5.63. The van der Waals surface area contributed by atoms with Gasteiger partial charge in [-0.15, -0.1) is 11.8 Å². The summed E-state index contributed by atoms with van der Waals surface area (Å²) in [5.74, 6) is 1.30. The second-order valence-electron chi connectivity index (χ2n) is 4.82. The molecule has 0 saturated heterocycles. The summed E-state index contributed by atoms with van der Waals surface area (Å²) in [6, 6.07) is 14.3. The summed E-state index contributed by atoms with van der Waals surface area (Å²) in [6.07, 6.45) is 2.00. The number of ether oxygens (including phenoxy) is 2. The van der Waals surface area contributed by atoms with Crippen LogP contribution < -0.4 is 9.47 Å². The Morgan fingerprint density at radius 1 is 0.909 bits per heavy atom. The molecule has 22 heavy (non-hydrogen) atoms. The first kappa shape index (κ1) is 14.6. The van der Waals surface area contributed by atoms with Gasteiger partial charge in [0, 0.05) is 10.3 Å². The molecule has 0 fully saturated rings. The molecule has 3 aromatic rings. The largest absolute Gasteiger partial charge is 0.493 e. The zero-order valence-corrected chi connectivity index (χ0v) is 13.5. The summed E-state index contributed by atoms with van der Waals surface area (Å²) < 4.78 is 10.8. The van der Waals surface area contributed by atoms with Crippen LogP contribution in [-0.2, 0) is 0 Å². The molecule has 0 aliphatic carbocycles. The van der Waals surface area contributed by atoms with E-state index in [1.54, 1.807) is 26.0 Å². The van der Waals surface area contributed by atoms with E-state index in [0.717, 1.165) is 26.4 Å². The van der Waals surface area contributed by atoms with Gasteiger partial charge < -0.3 is 9.47 Å². The molecule has 0 spiro atoms. The molecule has 0 amide bonds. The van der Waals surface area contributed by atoms with Crippen molar-refractivity contribution in [1.82, 2.24) is 0 Å². The van der Waals surface area contributed by atoms with Gasteiger partial charge in [0.1, 0.15) is 6.07 Å². The van der Waals surface area contributed by atoms with E-state index >= 15 is 0 Å². The summed E-state index contributed by atoms with van der Waals surface area (Å²) in [4.78, 5) is 0.998. The molecule has 3 rings (SSSR count). The lowest BCUT2D eigenvalue weighted by Crippen LogP contribution is -1.94. The van der Waals surface area contributed by atoms with Crippen molar-refractivity contribution in [3.05, 3.63) is 42.0 Å². The molecular formula is C18H15NO2S. The average Bonchev–Trinajstić information content (AvgIpc) is 2.59. The van der Waals surface area contributed by atoms with Crippen molar-refractivity contribution in [1.29, 1.82) is 5.26 Å². The van der Waals surface area contributed by atoms with Crippen LogP contribution in [0.15, 0.2) is 41.3 Å². The van der Waals surface area contributed by atoms with Crippen molar-refractivity contribution < 1.29 is 9.47 Å². The Balaban J connectivity index is 2.59. The first-order valence-electron chi connectivity index (χ1n) is 6.79. The summed E-state index contributed by atoms with van der Waals surface area (Å²) in [7, 11) is 3.22. The number of rotatable bonds is 3. The van der Waals surface area contributed by atoms with Crippen LogP contribution in [0.25, 0.3) is 21.5 Å². The van der Waals surface area contributed by atoms with Crippen LogP contribution in [0.3, 0.4) is 0 Å². The summed E-state index contributed by atoms with van der Waals surface area (Å²) in [6.45, 7) is 0. The molecule has 0 aliphatic rings. The van der Waals surface area contributed by atoms with Gasteiger partial charge in [-0.3, -0.25) is 0 Å². The molecule has 0 saturated carbocycles. The molecule has 0 radical (unpaired) electrons. The first-order valence-corrected chi connectivity index (χ1v) is 8.02. The quantitative estimate of drug-likeness (QED) is 0.523. The van der Waals surface area contributed by atoms with Gasteiger partial charge in [-0.25, -0.2) is 0 Å². The zero-order chi connectivity index (χ0) is 15.7. The molecule has 0 heterocycles. The molecule has 110 valence electrons. The number of hydrogen-bond acceptors (Lipinski definition) is 4. The molecule has 0 bridgehead atoms. The van der Waals surface area contributed by atoms with E-state index in [2.05, 4.69) is 18.2 Å². The minimum atomic E-state index is 0.633. The highest BCUT2D eigenvalue weighted by Gasteiger charge is 2.16. The molecule has 3 nitrogen and oxygen atoms in total. The van der Waals surface area contributed by atoms with Crippen LogP contribution >= 0.6 is 11.8 Å². The molecule has 0 atom stereocenters. The summed E-state index contributed by atoms with van der Waals surface area (Å²) in [5, 5.41) is 13.8. The van der Waals surface area contributed by atoms with Crippen LogP contribution in [-0.4, -0.2) is 20.5 Å². The number of methoxy groups -OCH3 is 2. The van der Waals surface area contributed by atoms with Gasteiger partial charge in [-0.05, 0) is 34.5 Å². The Hall–Kier alpha value is -2.38. The molecule has 4 heteroatoms. The van der Waals surface area contributed by atoms with Crippen molar-refractivity contribution in [3.8, 4) is 17.6 Å². The highest BCUT2D eigenvalue weighted by molar-refractivity contribution is 7.98. The van der Waals surface area contributed by atoms with Crippen LogP contribution in [0.5, 0.6) is 11.5 Å². The van der Waals surface area contributed by atoms with Crippen LogP contribution in [0.2, 0.25) is 0 Å². The fourth-order valence-electron chi connectivity index (χ4n) is 2.80. The Bertz CT molecular complexity index is 912. The number of hydrogen-bond donors (Lipinski definition) is 0.